The van der Waals surface area contributed by atoms with Crippen molar-refractivity contribution in [3.63, 3.8) is 0 Å². The Labute approximate surface area is 175 Å². The van der Waals surface area contributed by atoms with Crippen LogP contribution in [0.25, 0.3) is 0 Å². The van der Waals surface area contributed by atoms with Crippen molar-refractivity contribution in [1.82, 2.24) is 4.90 Å². The van der Waals surface area contributed by atoms with E-state index in [9.17, 15) is 9.59 Å². The van der Waals surface area contributed by atoms with Gasteiger partial charge in [0.15, 0.2) is 0 Å². The fraction of sp³-hybridized carbons (Fsp3) is 0.429. The fourth-order valence-electron chi connectivity index (χ4n) is 2.01. The van der Waals surface area contributed by atoms with Gasteiger partial charge in [-0.25, -0.2) is 0 Å². The zero-order chi connectivity index (χ0) is 17.6. The van der Waals surface area contributed by atoms with Gasteiger partial charge < -0.3 is 20.8 Å². The Morgan fingerprint density at radius 2 is 1.48 bits per heavy atom. The van der Waals surface area contributed by atoms with Crippen LogP contribution in [0.4, 0.5) is 0 Å². The number of nitrogens with two attached hydrogens (primary N) is 1. The number of aliphatic hydroxyl groups excluding tert-OH is 2. The van der Waals surface area contributed by atoms with Crippen LogP contribution in [0.1, 0.15) is 33.6 Å². The van der Waals surface area contributed by atoms with E-state index >= 15 is 0 Å². The van der Waals surface area contributed by atoms with Crippen LogP contribution in [0.3, 0.4) is 0 Å². The van der Waals surface area contributed by atoms with Gasteiger partial charge in [-0.05, 0) is 86.7 Å². The molecule has 2 amide bonds. The Morgan fingerprint density at radius 3 is 1.91 bits per heavy atom. The Bertz CT molecular complexity index is 588. The molecule has 0 saturated heterocycles. The first-order valence-corrected chi connectivity index (χ1v) is 10.1. The second-order valence-electron chi connectivity index (χ2n) is 4.71. The number of primary amides is 1. The zero-order valence-corrected chi connectivity index (χ0v) is 18.7. The minimum Gasteiger partial charge on any atom is -0.396 e. The quantitative estimate of drug-likeness (QED) is 0.371. The molecule has 1 rings (SSSR count). The lowest BCUT2D eigenvalue weighted by molar-refractivity contribution is 0.0732. The van der Waals surface area contributed by atoms with E-state index in [0.29, 0.717) is 44.2 Å². The molecule has 0 saturated carbocycles. The van der Waals surface area contributed by atoms with E-state index in [1.54, 1.807) is 11.0 Å². The number of hydrogen-bond donors (Lipinski definition) is 3. The smallest absolute Gasteiger partial charge is 0.256 e. The van der Waals surface area contributed by atoms with Crippen LogP contribution in [-0.2, 0) is 0 Å². The van der Waals surface area contributed by atoms with Gasteiger partial charge in [0.1, 0.15) is 0 Å². The van der Waals surface area contributed by atoms with Gasteiger partial charge in [0.2, 0.25) is 0 Å². The monoisotopic (exact) mass is 658 g/mol. The molecule has 9 heteroatoms. The number of nitrogens with zero attached hydrogens (tertiary/aromatic N) is 1. The van der Waals surface area contributed by atoms with E-state index in [4.69, 9.17) is 15.9 Å². The third-order valence-corrected chi connectivity index (χ3v) is 5.87. The molecular formula is C14H17I3N2O4. The molecule has 0 aliphatic heterocycles. The van der Waals surface area contributed by atoms with Crippen molar-refractivity contribution in [3.8, 4) is 0 Å². The van der Waals surface area contributed by atoms with Crippen molar-refractivity contribution < 1.29 is 19.8 Å². The first-order valence-electron chi connectivity index (χ1n) is 6.83. The fourth-order valence-corrected chi connectivity index (χ4v) is 6.37. The summed E-state index contributed by atoms with van der Waals surface area (Å²) in [5.74, 6) is -0.791. The van der Waals surface area contributed by atoms with Crippen molar-refractivity contribution in [2.75, 3.05) is 26.3 Å². The van der Waals surface area contributed by atoms with Crippen LogP contribution in [0, 0.1) is 10.7 Å². The maximum absolute atomic E-state index is 12.9. The topological polar surface area (TPSA) is 104 Å². The van der Waals surface area contributed by atoms with E-state index < -0.39 is 5.91 Å². The molecular weight excluding hydrogens is 641 g/mol. The SMILES string of the molecule is NC(=O)c1c(I)cc(I)c(C(=O)N(CCCO)CCCO)c1I. The van der Waals surface area contributed by atoms with Crippen LogP contribution in [-0.4, -0.2) is 53.2 Å². The summed E-state index contributed by atoms with van der Waals surface area (Å²) in [6.07, 6.45) is 0.911. The van der Waals surface area contributed by atoms with E-state index in [1.165, 1.54) is 0 Å². The summed E-state index contributed by atoms with van der Waals surface area (Å²) in [6, 6.07) is 1.76. The second-order valence-corrected chi connectivity index (χ2v) is 8.12. The molecule has 4 N–H and O–H groups in total. The molecule has 0 aliphatic rings. The van der Waals surface area contributed by atoms with Crippen LogP contribution in [0.5, 0.6) is 0 Å². The maximum atomic E-state index is 12.9. The zero-order valence-electron chi connectivity index (χ0n) is 12.2. The number of aliphatic hydroxyl groups is 2. The summed E-state index contributed by atoms with van der Waals surface area (Å²) in [6.45, 7) is 0.741. The number of rotatable bonds is 8. The first kappa shape index (κ1) is 21.3. The highest BCUT2D eigenvalue weighted by atomic mass is 127. The van der Waals surface area contributed by atoms with Crippen LogP contribution >= 0.6 is 67.8 Å². The summed E-state index contributed by atoms with van der Waals surface area (Å²) in [7, 11) is 0. The average molecular weight is 658 g/mol. The molecule has 0 radical (unpaired) electrons. The van der Waals surface area contributed by atoms with Gasteiger partial charge in [0, 0.05) is 37.0 Å². The lowest BCUT2D eigenvalue weighted by atomic mass is 10.1. The Hall–Kier alpha value is 0.270. The maximum Gasteiger partial charge on any atom is 0.256 e. The number of benzene rings is 1. The number of hydrogen-bond acceptors (Lipinski definition) is 4. The normalized spacial score (nSPS) is 10.7. The third-order valence-electron chi connectivity index (χ3n) is 3.09. The lowest BCUT2D eigenvalue weighted by Crippen LogP contribution is -2.35. The minimum atomic E-state index is -0.568. The predicted octanol–water partition coefficient (Wildman–Crippen LogP) is 1.81. The molecule has 23 heavy (non-hydrogen) atoms. The molecule has 6 nitrogen and oxygen atoms in total. The molecule has 0 atom stereocenters. The van der Waals surface area contributed by atoms with Gasteiger partial charge in [0.25, 0.3) is 11.8 Å². The van der Waals surface area contributed by atoms with E-state index in [1.807, 2.05) is 45.2 Å². The van der Waals surface area contributed by atoms with Crippen molar-refractivity contribution in [2.24, 2.45) is 5.73 Å². The largest absolute Gasteiger partial charge is 0.396 e. The average Bonchev–Trinajstić information content (AvgIpc) is 2.46. The van der Waals surface area contributed by atoms with Gasteiger partial charge in [-0.1, -0.05) is 0 Å². The minimum absolute atomic E-state index is 0.0175. The Morgan fingerprint density at radius 1 is 1.00 bits per heavy atom. The Kier molecular flexibility index (Phi) is 9.55. The van der Waals surface area contributed by atoms with Crippen molar-refractivity contribution in [2.45, 2.75) is 12.8 Å². The van der Waals surface area contributed by atoms with Crippen molar-refractivity contribution >= 4 is 79.6 Å². The third kappa shape index (κ3) is 5.64. The molecule has 1 aromatic rings. The molecule has 0 fully saturated rings. The van der Waals surface area contributed by atoms with Crippen molar-refractivity contribution in [1.29, 1.82) is 0 Å². The molecule has 0 aromatic heterocycles. The van der Waals surface area contributed by atoms with Crippen LogP contribution < -0.4 is 5.73 Å². The van der Waals surface area contributed by atoms with Gasteiger partial charge >= 0.3 is 0 Å². The van der Waals surface area contributed by atoms with Crippen molar-refractivity contribution in [3.05, 3.63) is 27.9 Å². The highest BCUT2D eigenvalue weighted by Crippen LogP contribution is 2.28. The van der Waals surface area contributed by atoms with Gasteiger partial charge in [0.05, 0.1) is 11.1 Å². The summed E-state index contributed by atoms with van der Waals surface area (Å²) in [5.41, 5.74) is 6.22. The first-order chi connectivity index (χ1) is 10.8. The molecule has 1 aromatic carbocycles. The van der Waals surface area contributed by atoms with E-state index in [0.717, 1.165) is 3.57 Å². The molecule has 0 heterocycles. The highest BCUT2D eigenvalue weighted by Gasteiger charge is 2.25. The van der Waals surface area contributed by atoms with Gasteiger partial charge in [-0.15, -0.1) is 0 Å². The summed E-state index contributed by atoms with van der Waals surface area (Å²) in [4.78, 5) is 26.1. The predicted molar refractivity (Wildman–Crippen MR) is 112 cm³/mol. The van der Waals surface area contributed by atoms with Gasteiger partial charge in [-0.2, -0.15) is 0 Å². The second kappa shape index (κ2) is 10.3. The molecule has 0 unspecified atom stereocenters. The molecule has 0 spiro atoms. The Balaban J connectivity index is 3.27. The van der Waals surface area contributed by atoms with E-state index in [-0.39, 0.29) is 19.1 Å². The number of halogens is 3. The number of carbonyl (C=O) groups is 2. The summed E-state index contributed by atoms with van der Waals surface area (Å²) < 4.78 is 1.98. The lowest BCUT2D eigenvalue weighted by Gasteiger charge is -2.24. The summed E-state index contributed by atoms with van der Waals surface area (Å²) >= 11 is 6.07. The highest BCUT2D eigenvalue weighted by molar-refractivity contribution is 14.1. The molecule has 128 valence electrons. The molecule has 0 aliphatic carbocycles. The van der Waals surface area contributed by atoms with Crippen LogP contribution in [0.15, 0.2) is 6.07 Å². The summed E-state index contributed by atoms with van der Waals surface area (Å²) in [5, 5.41) is 18.0. The standard InChI is InChI=1S/C14H17I3N2O4/c15-8-7-9(16)11(12(17)10(8)13(18)22)14(23)19(3-1-5-20)4-2-6-21/h7,20-21H,1-6H2,(H2,18,22). The number of carbonyl (C=O) groups excluding carboxylic acids is 2. The van der Waals surface area contributed by atoms with E-state index in [2.05, 4.69) is 22.6 Å². The molecule has 0 bridgehead atoms. The van der Waals surface area contributed by atoms with Gasteiger partial charge in [-0.3, -0.25) is 9.59 Å². The van der Waals surface area contributed by atoms with Crippen LogP contribution in [0.2, 0.25) is 0 Å². The number of amides is 2.